The third-order valence-electron chi connectivity index (χ3n) is 13.3. The molecule has 0 saturated carbocycles. The van der Waals surface area contributed by atoms with Crippen LogP contribution in [-0.2, 0) is 6.42 Å². The maximum Gasteiger partial charge on any atom is 0.0434 e. The average molecular weight is 791 g/mol. The summed E-state index contributed by atoms with van der Waals surface area (Å²) in [5.41, 5.74) is 13.3. The van der Waals surface area contributed by atoms with Gasteiger partial charge in [0, 0.05) is 25.7 Å². The van der Waals surface area contributed by atoms with Crippen molar-refractivity contribution in [2.45, 2.75) is 12.8 Å². The predicted molar refractivity (Wildman–Crippen MR) is 266 cm³/mol. The zero-order valence-electron chi connectivity index (χ0n) is 33.5. The Kier molecular flexibility index (Phi) is 7.70. The number of fused-ring (bicyclic) bond motifs is 9. The highest BCUT2D eigenvalue weighted by Crippen LogP contribution is 2.51. The highest BCUT2D eigenvalue weighted by molar-refractivity contribution is 7.26. The van der Waals surface area contributed by atoms with Gasteiger partial charge in [0.25, 0.3) is 0 Å². The Bertz CT molecular complexity index is 3750. The molecule has 0 spiro atoms. The second-order valence-electron chi connectivity index (χ2n) is 16.5. The van der Waals surface area contributed by atoms with Crippen LogP contribution in [-0.4, -0.2) is 0 Å². The Balaban J connectivity index is 1.05. The van der Waals surface area contributed by atoms with Crippen LogP contribution in [0, 0.1) is 0 Å². The summed E-state index contributed by atoms with van der Waals surface area (Å²) in [6, 6.07) is 72.5. The van der Waals surface area contributed by atoms with Gasteiger partial charge in [0.2, 0.25) is 0 Å². The first-order valence-electron chi connectivity index (χ1n) is 21.4. The number of thiophene rings is 1. The van der Waals surface area contributed by atoms with Crippen molar-refractivity contribution in [2.24, 2.45) is 0 Å². The Morgan fingerprint density at radius 1 is 0.344 bits per heavy atom. The lowest BCUT2D eigenvalue weighted by Gasteiger charge is -2.24. The van der Waals surface area contributed by atoms with Crippen LogP contribution in [0.5, 0.6) is 0 Å². The van der Waals surface area contributed by atoms with Crippen LogP contribution in [0.4, 0.5) is 0 Å². The second kappa shape index (κ2) is 13.6. The van der Waals surface area contributed by atoms with Crippen molar-refractivity contribution in [1.29, 1.82) is 0 Å². The van der Waals surface area contributed by atoms with Gasteiger partial charge in [0.1, 0.15) is 0 Å². The highest BCUT2D eigenvalue weighted by Gasteiger charge is 2.25. The van der Waals surface area contributed by atoms with Crippen LogP contribution in [0.15, 0.2) is 200 Å². The molecule has 0 N–H and O–H groups in total. The van der Waals surface area contributed by atoms with E-state index in [-0.39, 0.29) is 0 Å². The normalized spacial score (nSPS) is 12.7. The van der Waals surface area contributed by atoms with Gasteiger partial charge in [-0.15, -0.1) is 11.3 Å². The van der Waals surface area contributed by atoms with Gasteiger partial charge in [-0.1, -0.05) is 200 Å². The Labute approximate surface area is 358 Å². The molecule has 0 aliphatic heterocycles. The maximum absolute atomic E-state index is 2.46. The topological polar surface area (TPSA) is 0 Å². The first-order valence-corrected chi connectivity index (χ1v) is 22.2. The van der Waals surface area contributed by atoms with Gasteiger partial charge in [-0.05, 0) is 123 Å². The Hall–Kier alpha value is -7.32. The van der Waals surface area contributed by atoms with Gasteiger partial charge < -0.3 is 0 Å². The summed E-state index contributed by atoms with van der Waals surface area (Å²) in [5.74, 6) is 0. The van der Waals surface area contributed by atoms with Crippen molar-refractivity contribution in [1.82, 2.24) is 0 Å². The quantitative estimate of drug-likeness (QED) is 0.156. The molecule has 0 atom stereocenters. The van der Waals surface area contributed by atoms with Crippen LogP contribution in [0.2, 0.25) is 0 Å². The molecule has 0 unspecified atom stereocenters. The minimum absolute atomic E-state index is 1.02. The van der Waals surface area contributed by atoms with Crippen molar-refractivity contribution >= 4 is 91.4 Å². The minimum Gasteiger partial charge on any atom is -0.135 e. The van der Waals surface area contributed by atoms with Crippen LogP contribution >= 0.6 is 11.3 Å². The summed E-state index contributed by atoms with van der Waals surface area (Å²) in [6.07, 6.45) is 6.86. The molecule has 0 bridgehead atoms. The first-order chi connectivity index (χ1) is 30.3. The largest absolute Gasteiger partial charge is 0.135 e. The van der Waals surface area contributed by atoms with Crippen molar-refractivity contribution in [3.8, 4) is 44.5 Å². The molecule has 1 aromatic heterocycles. The second-order valence-corrected chi connectivity index (χ2v) is 17.6. The van der Waals surface area contributed by atoms with E-state index >= 15 is 0 Å². The molecule has 1 heteroatoms. The molecule has 12 aromatic rings. The summed E-state index contributed by atoms with van der Waals surface area (Å²) in [4.78, 5) is 0. The number of hydrogen-bond acceptors (Lipinski definition) is 1. The molecule has 11 aromatic carbocycles. The molecule has 284 valence electrons. The molecule has 0 fully saturated rings. The lowest BCUT2D eigenvalue weighted by atomic mass is 9.79. The van der Waals surface area contributed by atoms with Crippen LogP contribution in [0.25, 0.3) is 125 Å². The molecule has 1 aliphatic rings. The fraction of sp³-hybridized carbons (Fsp3) is 0.0333. The number of rotatable bonds is 4. The molecular weight excluding hydrogens is 753 g/mol. The maximum atomic E-state index is 2.46. The van der Waals surface area contributed by atoms with E-state index in [9.17, 15) is 0 Å². The highest BCUT2D eigenvalue weighted by atomic mass is 32.1. The van der Waals surface area contributed by atoms with Crippen molar-refractivity contribution in [3.63, 3.8) is 0 Å². The van der Waals surface area contributed by atoms with Gasteiger partial charge >= 0.3 is 0 Å². The SMILES string of the molecule is C1=Cc2c(c(-c3cccc4ccccc34)c3ccccc3c2-c2cccc3c2sc2cc(-c4c5ccccc5c(-c5cccc6ccccc56)c5ccccc45)ccc23)CC1. The fourth-order valence-corrected chi connectivity index (χ4v) is 12.0. The lowest BCUT2D eigenvalue weighted by molar-refractivity contribution is 0.992. The zero-order valence-corrected chi connectivity index (χ0v) is 34.3. The van der Waals surface area contributed by atoms with E-state index in [1.165, 1.54) is 130 Å². The smallest absolute Gasteiger partial charge is 0.0434 e. The van der Waals surface area contributed by atoms with E-state index in [1.807, 2.05) is 11.3 Å². The molecular formula is C60H38S. The van der Waals surface area contributed by atoms with Crippen molar-refractivity contribution < 1.29 is 0 Å². The molecule has 0 amide bonds. The summed E-state index contributed by atoms with van der Waals surface area (Å²) in [5, 5.41) is 15.5. The van der Waals surface area contributed by atoms with E-state index < -0.39 is 0 Å². The van der Waals surface area contributed by atoms with Crippen molar-refractivity contribution in [2.75, 3.05) is 0 Å². The van der Waals surface area contributed by atoms with E-state index in [1.54, 1.807) is 0 Å². The van der Waals surface area contributed by atoms with E-state index in [0.29, 0.717) is 0 Å². The average Bonchev–Trinajstić information content (AvgIpc) is 3.70. The van der Waals surface area contributed by atoms with Gasteiger partial charge in [-0.25, -0.2) is 0 Å². The number of benzene rings is 11. The van der Waals surface area contributed by atoms with Gasteiger partial charge in [0.05, 0.1) is 0 Å². The molecule has 13 rings (SSSR count). The third kappa shape index (κ3) is 5.18. The molecule has 0 radical (unpaired) electrons. The monoisotopic (exact) mass is 790 g/mol. The lowest BCUT2D eigenvalue weighted by Crippen LogP contribution is -2.02. The van der Waals surface area contributed by atoms with E-state index in [0.717, 1.165) is 12.8 Å². The Morgan fingerprint density at radius 2 is 0.820 bits per heavy atom. The fourth-order valence-electron chi connectivity index (χ4n) is 10.7. The summed E-state index contributed by atoms with van der Waals surface area (Å²) in [7, 11) is 0. The minimum atomic E-state index is 1.02. The summed E-state index contributed by atoms with van der Waals surface area (Å²) < 4.78 is 2.66. The molecule has 0 saturated heterocycles. The summed E-state index contributed by atoms with van der Waals surface area (Å²) in [6.45, 7) is 0. The zero-order chi connectivity index (χ0) is 40.0. The molecule has 1 aliphatic carbocycles. The van der Waals surface area contributed by atoms with Gasteiger partial charge in [-0.2, -0.15) is 0 Å². The molecule has 0 nitrogen and oxygen atoms in total. The van der Waals surface area contributed by atoms with Crippen LogP contribution < -0.4 is 0 Å². The van der Waals surface area contributed by atoms with E-state index in [4.69, 9.17) is 0 Å². The van der Waals surface area contributed by atoms with Gasteiger partial charge in [-0.3, -0.25) is 0 Å². The van der Waals surface area contributed by atoms with Gasteiger partial charge in [0.15, 0.2) is 0 Å². The van der Waals surface area contributed by atoms with E-state index in [2.05, 4.69) is 206 Å². The first kappa shape index (κ1) is 34.5. The number of hydrogen-bond donors (Lipinski definition) is 0. The predicted octanol–water partition coefficient (Wildman–Crippen LogP) is 17.4. The molecule has 1 heterocycles. The summed E-state index contributed by atoms with van der Waals surface area (Å²) >= 11 is 1.94. The van der Waals surface area contributed by atoms with Crippen LogP contribution in [0.1, 0.15) is 17.5 Å². The third-order valence-corrected chi connectivity index (χ3v) is 14.5. The Morgan fingerprint density at radius 3 is 1.46 bits per heavy atom. The standard InChI is InChI=1S/C60H38S/c1-3-20-40-37(16-1)18-13-30-43(40)57-47-24-7-5-22-45(47)56(46-23-6-8-25-48(46)57)39-34-35-42-53-32-15-33-54(60(53)61-55(42)36-39)59-51-28-11-9-26-49(51)58(50-27-10-12-29-52(50)59)44-31-14-19-38-17-2-4-21-41(38)44/h1-9,11-26,28-36H,10,27H2. The van der Waals surface area contributed by atoms with Crippen molar-refractivity contribution in [3.05, 3.63) is 211 Å². The molecule has 61 heavy (non-hydrogen) atoms. The number of allylic oxidation sites excluding steroid dienone is 1. The van der Waals surface area contributed by atoms with Crippen LogP contribution in [0.3, 0.4) is 0 Å².